The Bertz CT molecular complexity index is 1240. The van der Waals surface area contributed by atoms with Gasteiger partial charge in [-0.25, -0.2) is 4.99 Å². The Hall–Kier alpha value is -3.41. The van der Waals surface area contributed by atoms with Crippen LogP contribution < -0.4 is 10.2 Å². The van der Waals surface area contributed by atoms with Crippen LogP contribution in [0.2, 0.25) is 10.0 Å². The van der Waals surface area contributed by atoms with Crippen molar-refractivity contribution in [3.05, 3.63) is 99.7 Å². The van der Waals surface area contributed by atoms with Crippen molar-refractivity contribution in [1.29, 1.82) is 0 Å². The van der Waals surface area contributed by atoms with Crippen molar-refractivity contribution in [3.8, 4) is 0 Å². The highest BCUT2D eigenvalue weighted by molar-refractivity contribution is 6.43. The van der Waals surface area contributed by atoms with E-state index in [-0.39, 0.29) is 17.5 Å². The molecule has 0 atom stereocenters. The molecule has 0 radical (unpaired) electrons. The maximum Gasteiger partial charge on any atom is 0.282 e. The van der Waals surface area contributed by atoms with E-state index < -0.39 is 0 Å². The number of aliphatic imine (C=N–C) groups is 1. The zero-order chi connectivity index (χ0) is 22.7. The number of nitrogens with one attached hydrogen (secondary N) is 1. The van der Waals surface area contributed by atoms with Crippen LogP contribution in [0, 0.1) is 0 Å². The fourth-order valence-electron chi connectivity index (χ4n) is 3.26. The maximum atomic E-state index is 13.4. The Balaban J connectivity index is 1.75. The van der Waals surface area contributed by atoms with Gasteiger partial charge in [-0.05, 0) is 42.0 Å². The Morgan fingerprint density at radius 2 is 1.72 bits per heavy atom. The molecule has 3 aromatic rings. The van der Waals surface area contributed by atoms with Crippen molar-refractivity contribution in [1.82, 2.24) is 0 Å². The molecular weight excluding hydrogens is 445 g/mol. The van der Waals surface area contributed by atoms with Gasteiger partial charge in [0.1, 0.15) is 11.5 Å². The van der Waals surface area contributed by atoms with Gasteiger partial charge >= 0.3 is 0 Å². The average molecular weight is 464 g/mol. The first-order valence-electron chi connectivity index (χ1n) is 10.0. The molecule has 0 saturated heterocycles. The van der Waals surface area contributed by atoms with Crippen LogP contribution in [-0.4, -0.2) is 17.6 Å². The Labute approximate surface area is 196 Å². The highest BCUT2D eigenvalue weighted by Crippen LogP contribution is 2.32. The van der Waals surface area contributed by atoms with E-state index in [0.29, 0.717) is 39.2 Å². The fraction of sp³-hybridized carbons (Fsp3) is 0.0800. The summed E-state index contributed by atoms with van der Waals surface area (Å²) in [4.78, 5) is 31.2. The highest BCUT2D eigenvalue weighted by Gasteiger charge is 2.32. The number of amidine groups is 1. The molecule has 2 amide bonds. The van der Waals surface area contributed by atoms with Crippen molar-refractivity contribution in [3.63, 3.8) is 0 Å². The molecule has 32 heavy (non-hydrogen) atoms. The first-order chi connectivity index (χ1) is 15.5. The zero-order valence-corrected chi connectivity index (χ0v) is 18.7. The molecule has 0 aliphatic carbocycles. The van der Waals surface area contributed by atoms with E-state index in [9.17, 15) is 9.59 Å². The molecule has 3 aromatic carbocycles. The lowest BCUT2D eigenvalue weighted by molar-refractivity contribution is -0.116. The maximum absolute atomic E-state index is 13.4. The van der Waals surface area contributed by atoms with Crippen LogP contribution >= 0.6 is 23.2 Å². The van der Waals surface area contributed by atoms with Gasteiger partial charge in [0.05, 0.1) is 15.7 Å². The van der Waals surface area contributed by atoms with Crippen molar-refractivity contribution >= 4 is 58.3 Å². The quantitative estimate of drug-likeness (QED) is 0.459. The summed E-state index contributed by atoms with van der Waals surface area (Å²) in [6.07, 6.45) is 2.02. The van der Waals surface area contributed by atoms with Crippen molar-refractivity contribution < 1.29 is 9.59 Å². The van der Waals surface area contributed by atoms with E-state index in [0.717, 1.165) is 5.56 Å². The molecule has 1 aliphatic rings. The molecule has 1 aliphatic heterocycles. The number of carbonyl (C=O) groups is 2. The SMILES string of the molecule is CCC(=O)Nc1ccc(N2C(=O)/C(=C/c3cccc(Cl)c3Cl)N=C2c2ccccc2)cc1. The minimum absolute atomic E-state index is 0.0786. The summed E-state index contributed by atoms with van der Waals surface area (Å²) in [7, 11) is 0. The van der Waals surface area contributed by atoms with Gasteiger partial charge in [0.2, 0.25) is 5.91 Å². The normalized spacial score (nSPS) is 14.6. The summed E-state index contributed by atoms with van der Waals surface area (Å²) in [5, 5.41) is 3.57. The molecule has 1 N–H and O–H groups in total. The monoisotopic (exact) mass is 463 g/mol. The van der Waals surface area contributed by atoms with E-state index in [1.807, 2.05) is 30.3 Å². The van der Waals surface area contributed by atoms with Gasteiger partial charge in [-0.3, -0.25) is 14.5 Å². The summed E-state index contributed by atoms with van der Waals surface area (Å²) in [5.41, 5.74) is 2.94. The van der Waals surface area contributed by atoms with Crippen LogP contribution in [0.15, 0.2) is 83.5 Å². The topological polar surface area (TPSA) is 61.8 Å². The zero-order valence-electron chi connectivity index (χ0n) is 17.2. The minimum Gasteiger partial charge on any atom is -0.326 e. The Kier molecular flexibility index (Phi) is 6.40. The van der Waals surface area contributed by atoms with E-state index >= 15 is 0 Å². The van der Waals surface area contributed by atoms with Gasteiger partial charge in [0, 0.05) is 17.7 Å². The number of amides is 2. The van der Waals surface area contributed by atoms with Crippen molar-refractivity contribution in [2.75, 3.05) is 10.2 Å². The number of hydrogen-bond acceptors (Lipinski definition) is 3. The van der Waals surface area contributed by atoms with Crippen LogP contribution in [0.1, 0.15) is 24.5 Å². The molecule has 0 unspecified atom stereocenters. The molecule has 0 saturated carbocycles. The second-order valence-corrected chi connectivity index (χ2v) is 7.85. The Morgan fingerprint density at radius 1 is 1.00 bits per heavy atom. The molecule has 1 heterocycles. The van der Waals surface area contributed by atoms with E-state index in [1.54, 1.807) is 60.4 Å². The summed E-state index contributed by atoms with van der Waals surface area (Å²) < 4.78 is 0. The lowest BCUT2D eigenvalue weighted by Crippen LogP contribution is -2.32. The second-order valence-electron chi connectivity index (χ2n) is 7.06. The molecule has 5 nitrogen and oxygen atoms in total. The third kappa shape index (κ3) is 4.44. The van der Waals surface area contributed by atoms with Gasteiger partial charge < -0.3 is 5.32 Å². The Morgan fingerprint density at radius 3 is 2.41 bits per heavy atom. The van der Waals surface area contributed by atoms with E-state index in [2.05, 4.69) is 10.3 Å². The lowest BCUT2D eigenvalue weighted by atomic mass is 10.1. The minimum atomic E-state index is -0.287. The van der Waals surface area contributed by atoms with Crippen LogP contribution in [0.3, 0.4) is 0 Å². The molecule has 0 fully saturated rings. The van der Waals surface area contributed by atoms with Crippen LogP contribution in [0.25, 0.3) is 6.08 Å². The average Bonchev–Trinajstić information content (AvgIpc) is 3.14. The number of hydrogen-bond donors (Lipinski definition) is 1. The molecule has 0 spiro atoms. The van der Waals surface area contributed by atoms with Gasteiger partial charge in [0.25, 0.3) is 5.91 Å². The number of benzene rings is 3. The van der Waals surface area contributed by atoms with Gasteiger partial charge in [-0.15, -0.1) is 0 Å². The van der Waals surface area contributed by atoms with Gasteiger partial charge in [-0.2, -0.15) is 0 Å². The first-order valence-corrected chi connectivity index (χ1v) is 10.8. The van der Waals surface area contributed by atoms with E-state index in [4.69, 9.17) is 23.2 Å². The van der Waals surface area contributed by atoms with E-state index in [1.165, 1.54) is 0 Å². The number of rotatable bonds is 5. The molecule has 160 valence electrons. The molecule has 4 rings (SSSR count). The molecule has 0 bridgehead atoms. The highest BCUT2D eigenvalue weighted by atomic mass is 35.5. The third-order valence-corrected chi connectivity index (χ3v) is 5.73. The third-order valence-electron chi connectivity index (χ3n) is 4.90. The predicted molar refractivity (Wildman–Crippen MR) is 130 cm³/mol. The molecular formula is C25H19Cl2N3O2. The molecule has 0 aromatic heterocycles. The summed E-state index contributed by atoms with van der Waals surface area (Å²) in [6.45, 7) is 1.79. The number of anilines is 2. The number of halogens is 2. The van der Waals surface area contributed by atoms with Crippen molar-refractivity contribution in [2.45, 2.75) is 13.3 Å². The van der Waals surface area contributed by atoms with Crippen molar-refractivity contribution in [2.24, 2.45) is 4.99 Å². The van der Waals surface area contributed by atoms with Crippen LogP contribution in [0.4, 0.5) is 11.4 Å². The number of carbonyl (C=O) groups excluding carboxylic acids is 2. The summed E-state index contributed by atoms with van der Waals surface area (Å²) in [5.74, 6) is 0.140. The standard InChI is InChI=1S/C25H19Cl2N3O2/c1-2-22(31)28-18-11-13-19(14-12-18)30-24(16-7-4-3-5-8-16)29-21(25(30)32)15-17-9-6-10-20(26)23(17)27/h3-15H,2H2,1H3,(H,28,31)/b21-15-. The van der Waals surface area contributed by atoms with Crippen LogP contribution in [0.5, 0.6) is 0 Å². The largest absolute Gasteiger partial charge is 0.326 e. The molecule has 7 heteroatoms. The van der Waals surface area contributed by atoms with Crippen LogP contribution in [-0.2, 0) is 9.59 Å². The summed E-state index contributed by atoms with van der Waals surface area (Å²) >= 11 is 12.4. The smallest absolute Gasteiger partial charge is 0.282 e. The second kappa shape index (κ2) is 9.39. The fourth-order valence-corrected chi connectivity index (χ4v) is 3.62. The summed E-state index contributed by atoms with van der Waals surface area (Å²) in [6, 6.07) is 21.8. The first kappa shape index (κ1) is 21.8. The lowest BCUT2D eigenvalue weighted by Gasteiger charge is -2.19. The van der Waals surface area contributed by atoms with Gasteiger partial charge in [-0.1, -0.05) is 72.6 Å². The number of nitrogens with zero attached hydrogens (tertiary/aromatic N) is 2. The predicted octanol–water partition coefficient (Wildman–Crippen LogP) is 6.18. The van der Waals surface area contributed by atoms with Gasteiger partial charge in [0.15, 0.2) is 0 Å².